The van der Waals surface area contributed by atoms with Gasteiger partial charge in [-0.15, -0.1) is 0 Å². The lowest BCUT2D eigenvalue weighted by molar-refractivity contribution is -0.148. The van der Waals surface area contributed by atoms with Gasteiger partial charge in [-0.25, -0.2) is 0 Å². The molecular formula is C11H19NO3. The van der Waals surface area contributed by atoms with Crippen molar-refractivity contribution in [2.24, 2.45) is 11.3 Å². The average Bonchev–Trinajstić information content (AvgIpc) is 2.46. The van der Waals surface area contributed by atoms with E-state index >= 15 is 0 Å². The van der Waals surface area contributed by atoms with Crippen LogP contribution >= 0.6 is 0 Å². The van der Waals surface area contributed by atoms with E-state index in [9.17, 15) is 9.59 Å². The first-order valence-corrected chi connectivity index (χ1v) is 5.38. The molecule has 1 saturated heterocycles. The quantitative estimate of drug-likeness (QED) is 0.767. The summed E-state index contributed by atoms with van der Waals surface area (Å²) >= 11 is 0. The van der Waals surface area contributed by atoms with E-state index in [-0.39, 0.29) is 5.91 Å². The standard InChI is InChI=1S/C11H19NO3/c1-4-8-5-9(13)12(6-8)7-11(2,3)10(14)15/h8H,4-7H2,1-3H3,(H,14,15). The average molecular weight is 213 g/mol. The minimum absolute atomic E-state index is 0.0937. The molecule has 1 aliphatic rings. The normalized spacial score (nSPS) is 22.2. The number of carboxylic acid groups (broad SMARTS) is 1. The number of carbonyl (C=O) groups excluding carboxylic acids is 1. The zero-order valence-electron chi connectivity index (χ0n) is 9.62. The largest absolute Gasteiger partial charge is 0.481 e. The molecule has 0 radical (unpaired) electrons. The van der Waals surface area contributed by atoms with E-state index in [2.05, 4.69) is 6.92 Å². The van der Waals surface area contributed by atoms with Crippen molar-refractivity contribution in [2.75, 3.05) is 13.1 Å². The lowest BCUT2D eigenvalue weighted by atomic mass is 9.93. The lowest BCUT2D eigenvalue weighted by Crippen LogP contribution is -2.40. The summed E-state index contributed by atoms with van der Waals surface area (Å²) in [4.78, 5) is 24.2. The molecule has 1 amide bonds. The summed E-state index contributed by atoms with van der Waals surface area (Å²) in [6.07, 6.45) is 1.56. The van der Waals surface area contributed by atoms with Crippen molar-refractivity contribution in [1.82, 2.24) is 4.90 Å². The van der Waals surface area contributed by atoms with Crippen molar-refractivity contribution in [3.8, 4) is 0 Å². The van der Waals surface area contributed by atoms with Gasteiger partial charge in [0.05, 0.1) is 5.41 Å². The van der Waals surface area contributed by atoms with Gasteiger partial charge in [0, 0.05) is 19.5 Å². The van der Waals surface area contributed by atoms with Crippen molar-refractivity contribution in [2.45, 2.75) is 33.6 Å². The first-order chi connectivity index (χ1) is 6.86. The highest BCUT2D eigenvalue weighted by Gasteiger charge is 2.36. The molecule has 1 heterocycles. The monoisotopic (exact) mass is 213 g/mol. The van der Waals surface area contributed by atoms with Crippen LogP contribution in [0.3, 0.4) is 0 Å². The van der Waals surface area contributed by atoms with Crippen molar-refractivity contribution >= 4 is 11.9 Å². The first kappa shape index (κ1) is 12.0. The molecule has 1 atom stereocenters. The highest BCUT2D eigenvalue weighted by Crippen LogP contribution is 2.25. The second-order valence-corrected chi connectivity index (χ2v) is 4.94. The predicted octanol–water partition coefficient (Wildman–Crippen LogP) is 1.36. The molecule has 0 spiro atoms. The van der Waals surface area contributed by atoms with Gasteiger partial charge in [0.25, 0.3) is 0 Å². The number of nitrogens with zero attached hydrogens (tertiary/aromatic N) is 1. The summed E-state index contributed by atoms with van der Waals surface area (Å²) in [7, 11) is 0. The number of rotatable bonds is 4. The van der Waals surface area contributed by atoms with Crippen molar-refractivity contribution in [3.63, 3.8) is 0 Å². The third-order valence-corrected chi connectivity index (χ3v) is 3.04. The van der Waals surface area contributed by atoms with E-state index in [1.54, 1.807) is 18.7 Å². The number of carboxylic acids is 1. The fraction of sp³-hybridized carbons (Fsp3) is 0.818. The summed E-state index contributed by atoms with van der Waals surface area (Å²) in [5, 5.41) is 8.97. The summed E-state index contributed by atoms with van der Waals surface area (Å²) in [6.45, 7) is 6.40. The molecule has 86 valence electrons. The van der Waals surface area contributed by atoms with Crippen LogP contribution in [-0.2, 0) is 9.59 Å². The Balaban J connectivity index is 2.60. The number of amides is 1. The molecule has 0 aromatic rings. The van der Waals surface area contributed by atoms with Gasteiger partial charge in [-0.3, -0.25) is 9.59 Å². The number of hydrogen-bond donors (Lipinski definition) is 1. The van der Waals surface area contributed by atoms with E-state index in [4.69, 9.17) is 5.11 Å². The second-order valence-electron chi connectivity index (χ2n) is 4.94. The Morgan fingerprint density at radius 3 is 2.60 bits per heavy atom. The van der Waals surface area contributed by atoms with E-state index < -0.39 is 11.4 Å². The molecule has 1 rings (SSSR count). The van der Waals surface area contributed by atoms with E-state index in [1.165, 1.54) is 0 Å². The maximum absolute atomic E-state index is 11.6. The van der Waals surface area contributed by atoms with E-state index in [0.717, 1.165) is 6.42 Å². The second kappa shape index (κ2) is 4.21. The number of carbonyl (C=O) groups is 2. The molecule has 4 heteroatoms. The van der Waals surface area contributed by atoms with E-state index in [1.807, 2.05) is 0 Å². The molecule has 1 aliphatic heterocycles. The topological polar surface area (TPSA) is 57.6 Å². The Hall–Kier alpha value is -1.06. The van der Waals surface area contributed by atoms with Crippen LogP contribution in [0.2, 0.25) is 0 Å². The zero-order chi connectivity index (χ0) is 11.6. The maximum atomic E-state index is 11.6. The fourth-order valence-corrected chi connectivity index (χ4v) is 1.83. The molecule has 0 aromatic heterocycles. The van der Waals surface area contributed by atoms with Gasteiger partial charge in [-0.2, -0.15) is 0 Å². The van der Waals surface area contributed by atoms with Gasteiger partial charge in [0.1, 0.15) is 0 Å². The first-order valence-electron chi connectivity index (χ1n) is 5.38. The molecular weight excluding hydrogens is 194 g/mol. The Morgan fingerprint density at radius 1 is 1.60 bits per heavy atom. The molecule has 0 saturated carbocycles. The number of likely N-dealkylation sites (tertiary alicyclic amines) is 1. The molecule has 0 aliphatic carbocycles. The molecule has 1 N–H and O–H groups in total. The smallest absolute Gasteiger partial charge is 0.310 e. The molecule has 0 aromatic carbocycles. The molecule has 0 bridgehead atoms. The molecule has 4 nitrogen and oxygen atoms in total. The van der Waals surface area contributed by atoms with Gasteiger partial charge >= 0.3 is 5.97 Å². The van der Waals surface area contributed by atoms with Gasteiger partial charge < -0.3 is 10.0 Å². The summed E-state index contributed by atoms with van der Waals surface area (Å²) in [5.41, 5.74) is -0.849. The van der Waals surface area contributed by atoms with Crippen LogP contribution in [-0.4, -0.2) is 35.0 Å². The van der Waals surface area contributed by atoms with Gasteiger partial charge in [0.15, 0.2) is 0 Å². The van der Waals surface area contributed by atoms with Crippen LogP contribution < -0.4 is 0 Å². The summed E-state index contributed by atoms with van der Waals surface area (Å²) in [6, 6.07) is 0. The summed E-state index contributed by atoms with van der Waals surface area (Å²) < 4.78 is 0. The van der Waals surface area contributed by atoms with Crippen LogP contribution in [0.15, 0.2) is 0 Å². The SMILES string of the molecule is CCC1CC(=O)N(CC(C)(C)C(=O)O)C1. The third kappa shape index (κ3) is 2.70. The van der Waals surface area contributed by atoms with Crippen LogP contribution in [0.25, 0.3) is 0 Å². The van der Waals surface area contributed by atoms with Crippen LogP contribution in [0.4, 0.5) is 0 Å². The highest BCUT2D eigenvalue weighted by molar-refractivity contribution is 5.80. The molecule has 1 fully saturated rings. The van der Waals surface area contributed by atoms with Crippen molar-refractivity contribution < 1.29 is 14.7 Å². The van der Waals surface area contributed by atoms with Crippen LogP contribution in [0, 0.1) is 11.3 Å². The highest BCUT2D eigenvalue weighted by atomic mass is 16.4. The Morgan fingerprint density at radius 2 is 2.20 bits per heavy atom. The van der Waals surface area contributed by atoms with Crippen LogP contribution in [0.5, 0.6) is 0 Å². The number of aliphatic carboxylic acids is 1. The number of hydrogen-bond acceptors (Lipinski definition) is 2. The Kier molecular flexibility index (Phi) is 3.37. The molecule has 15 heavy (non-hydrogen) atoms. The fourth-order valence-electron chi connectivity index (χ4n) is 1.83. The van der Waals surface area contributed by atoms with Crippen molar-refractivity contribution in [3.05, 3.63) is 0 Å². The predicted molar refractivity (Wildman–Crippen MR) is 56.4 cm³/mol. The minimum Gasteiger partial charge on any atom is -0.481 e. The Labute approximate surface area is 90.3 Å². The zero-order valence-corrected chi connectivity index (χ0v) is 9.62. The van der Waals surface area contributed by atoms with Crippen molar-refractivity contribution in [1.29, 1.82) is 0 Å². The third-order valence-electron chi connectivity index (χ3n) is 3.04. The van der Waals surface area contributed by atoms with E-state index in [0.29, 0.717) is 25.4 Å². The summed E-state index contributed by atoms with van der Waals surface area (Å²) in [5.74, 6) is -0.353. The van der Waals surface area contributed by atoms with Gasteiger partial charge in [-0.05, 0) is 19.8 Å². The van der Waals surface area contributed by atoms with Crippen LogP contribution in [0.1, 0.15) is 33.6 Å². The minimum atomic E-state index is -0.852. The Bertz CT molecular complexity index is 273. The lowest BCUT2D eigenvalue weighted by Gasteiger charge is -2.26. The van der Waals surface area contributed by atoms with Gasteiger partial charge in [-0.1, -0.05) is 13.3 Å². The maximum Gasteiger partial charge on any atom is 0.310 e. The molecule has 1 unspecified atom stereocenters. The van der Waals surface area contributed by atoms with Gasteiger partial charge in [0.2, 0.25) is 5.91 Å².